The van der Waals surface area contributed by atoms with Crippen molar-refractivity contribution >= 4 is 11.9 Å². The van der Waals surface area contributed by atoms with Gasteiger partial charge in [0.05, 0.1) is 5.92 Å². The Balaban J connectivity index is 1.43. The van der Waals surface area contributed by atoms with Crippen molar-refractivity contribution in [3.63, 3.8) is 0 Å². The summed E-state index contributed by atoms with van der Waals surface area (Å²) in [6.07, 6.45) is 4.99. The smallest absolute Gasteiger partial charge is 0.314 e. The summed E-state index contributed by atoms with van der Waals surface area (Å²) in [5, 5.41) is 0. The fraction of sp³-hybridized carbons (Fsp3) is 0.619. The minimum absolute atomic E-state index is 0.0871. The van der Waals surface area contributed by atoms with Crippen molar-refractivity contribution in [3.8, 4) is 0 Å². The van der Waals surface area contributed by atoms with Crippen molar-refractivity contribution in [2.75, 3.05) is 45.8 Å². The SMILES string of the molecule is NC(=O)N1CCCC(C(=O)N2CCCN(CCCc3ccccc3)CC2)C1. The molecule has 2 heterocycles. The summed E-state index contributed by atoms with van der Waals surface area (Å²) < 4.78 is 0. The normalized spacial score (nSPS) is 21.7. The van der Waals surface area contributed by atoms with Crippen LogP contribution in [0.3, 0.4) is 0 Å². The van der Waals surface area contributed by atoms with Crippen LogP contribution in [0.4, 0.5) is 4.79 Å². The highest BCUT2D eigenvalue weighted by atomic mass is 16.2. The fourth-order valence-electron chi connectivity index (χ4n) is 4.20. The van der Waals surface area contributed by atoms with Gasteiger partial charge in [-0.25, -0.2) is 4.79 Å². The minimum Gasteiger partial charge on any atom is -0.351 e. The highest BCUT2D eigenvalue weighted by Crippen LogP contribution is 2.20. The van der Waals surface area contributed by atoms with Gasteiger partial charge in [0.25, 0.3) is 0 Å². The van der Waals surface area contributed by atoms with Crippen LogP contribution in [0.2, 0.25) is 0 Å². The van der Waals surface area contributed by atoms with Crippen LogP contribution in [-0.4, -0.2) is 72.5 Å². The van der Waals surface area contributed by atoms with Gasteiger partial charge in [0.2, 0.25) is 5.91 Å². The molecule has 2 saturated heterocycles. The number of likely N-dealkylation sites (tertiary alicyclic amines) is 1. The highest BCUT2D eigenvalue weighted by molar-refractivity contribution is 5.80. The van der Waals surface area contributed by atoms with Crippen LogP contribution in [0.15, 0.2) is 30.3 Å². The van der Waals surface area contributed by atoms with E-state index in [-0.39, 0.29) is 11.8 Å². The second kappa shape index (κ2) is 9.74. The lowest BCUT2D eigenvalue weighted by Gasteiger charge is -2.33. The van der Waals surface area contributed by atoms with Gasteiger partial charge in [0.15, 0.2) is 0 Å². The number of amides is 3. The van der Waals surface area contributed by atoms with Crippen molar-refractivity contribution in [2.24, 2.45) is 11.7 Å². The van der Waals surface area contributed by atoms with E-state index >= 15 is 0 Å². The lowest BCUT2D eigenvalue weighted by Crippen LogP contribution is -2.48. The van der Waals surface area contributed by atoms with E-state index in [1.807, 2.05) is 4.90 Å². The van der Waals surface area contributed by atoms with Gasteiger partial charge >= 0.3 is 6.03 Å². The van der Waals surface area contributed by atoms with E-state index in [0.717, 1.165) is 64.8 Å². The molecule has 0 bridgehead atoms. The molecular weight excluding hydrogens is 340 g/mol. The Kier molecular flexibility index (Phi) is 7.10. The molecule has 0 saturated carbocycles. The number of benzene rings is 1. The summed E-state index contributed by atoms with van der Waals surface area (Å²) >= 11 is 0. The number of hydrogen-bond donors (Lipinski definition) is 1. The molecule has 1 unspecified atom stereocenters. The molecule has 6 nitrogen and oxygen atoms in total. The van der Waals surface area contributed by atoms with E-state index in [1.54, 1.807) is 4.90 Å². The standard InChI is InChI=1S/C21H32N4O2/c22-21(27)25-13-5-10-19(17-25)20(26)24-14-6-12-23(15-16-24)11-4-9-18-7-2-1-3-8-18/h1-3,7-8,19H,4-6,9-17H2,(H2,22,27). The number of piperidine rings is 1. The maximum atomic E-state index is 12.9. The van der Waals surface area contributed by atoms with Crippen molar-refractivity contribution in [1.82, 2.24) is 14.7 Å². The van der Waals surface area contributed by atoms with E-state index in [4.69, 9.17) is 5.73 Å². The van der Waals surface area contributed by atoms with E-state index in [1.165, 1.54) is 5.56 Å². The van der Waals surface area contributed by atoms with Crippen molar-refractivity contribution < 1.29 is 9.59 Å². The van der Waals surface area contributed by atoms with Crippen molar-refractivity contribution in [1.29, 1.82) is 0 Å². The third-order valence-corrected chi connectivity index (χ3v) is 5.77. The summed E-state index contributed by atoms with van der Waals surface area (Å²) in [5.41, 5.74) is 6.78. The molecule has 2 fully saturated rings. The first-order chi connectivity index (χ1) is 13.1. The largest absolute Gasteiger partial charge is 0.351 e. The van der Waals surface area contributed by atoms with Gasteiger partial charge in [-0.15, -0.1) is 0 Å². The monoisotopic (exact) mass is 372 g/mol. The molecule has 1 aromatic carbocycles. The Hall–Kier alpha value is -2.08. The average Bonchev–Trinajstić information content (AvgIpc) is 2.94. The molecule has 0 aliphatic carbocycles. The molecule has 2 aliphatic rings. The van der Waals surface area contributed by atoms with Gasteiger partial charge in [0.1, 0.15) is 0 Å². The average molecular weight is 373 g/mol. The topological polar surface area (TPSA) is 69.9 Å². The number of carbonyl (C=O) groups excluding carboxylic acids is 2. The van der Waals surface area contributed by atoms with Crippen LogP contribution in [0, 0.1) is 5.92 Å². The number of carbonyl (C=O) groups is 2. The number of nitrogens with zero attached hydrogens (tertiary/aromatic N) is 3. The number of primary amides is 1. The fourth-order valence-corrected chi connectivity index (χ4v) is 4.20. The third-order valence-electron chi connectivity index (χ3n) is 5.77. The Labute approximate surface area is 162 Å². The number of rotatable bonds is 5. The molecule has 1 atom stereocenters. The van der Waals surface area contributed by atoms with Crippen LogP contribution in [0.1, 0.15) is 31.2 Å². The number of urea groups is 1. The quantitative estimate of drug-likeness (QED) is 0.859. The van der Waals surface area contributed by atoms with Gasteiger partial charge in [0, 0.05) is 32.7 Å². The first kappa shape index (κ1) is 19.7. The zero-order valence-electron chi connectivity index (χ0n) is 16.2. The molecule has 0 spiro atoms. The lowest BCUT2D eigenvalue weighted by atomic mass is 9.96. The Morgan fingerprint density at radius 2 is 1.74 bits per heavy atom. The lowest BCUT2D eigenvalue weighted by molar-refractivity contribution is -0.136. The number of aryl methyl sites for hydroxylation is 1. The van der Waals surface area contributed by atoms with E-state index in [0.29, 0.717) is 13.1 Å². The molecule has 148 valence electrons. The van der Waals surface area contributed by atoms with Crippen LogP contribution in [0.5, 0.6) is 0 Å². The summed E-state index contributed by atoms with van der Waals surface area (Å²) in [5.74, 6) is 0.114. The summed E-state index contributed by atoms with van der Waals surface area (Å²) in [7, 11) is 0. The summed E-state index contributed by atoms with van der Waals surface area (Å²) in [6, 6.07) is 10.2. The Morgan fingerprint density at radius 3 is 2.52 bits per heavy atom. The third kappa shape index (κ3) is 5.70. The van der Waals surface area contributed by atoms with E-state index < -0.39 is 6.03 Å². The van der Waals surface area contributed by atoms with Crippen molar-refractivity contribution in [3.05, 3.63) is 35.9 Å². The maximum absolute atomic E-state index is 12.9. The second-order valence-corrected chi connectivity index (χ2v) is 7.73. The van der Waals surface area contributed by atoms with Crippen molar-refractivity contribution in [2.45, 2.75) is 32.1 Å². The summed E-state index contributed by atoms with van der Waals surface area (Å²) in [4.78, 5) is 30.4. The zero-order chi connectivity index (χ0) is 19.1. The van der Waals surface area contributed by atoms with Crippen LogP contribution in [-0.2, 0) is 11.2 Å². The molecule has 2 aliphatic heterocycles. The first-order valence-corrected chi connectivity index (χ1v) is 10.2. The highest BCUT2D eigenvalue weighted by Gasteiger charge is 2.31. The van der Waals surface area contributed by atoms with E-state index in [2.05, 4.69) is 35.2 Å². The molecule has 0 radical (unpaired) electrons. The molecule has 2 N–H and O–H groups in total. The van der Waals surface area contributed by atoms with Gasteiger partial charge in [-0.1, -0.05) is 30.3 Å². The van der Waals surface area contributed by atoms with Gasteiger partial charge in [-0.05, 0) is 50.8 Å². The molecule has 0 aromatic heterocycles. The minimum atomic E-state index is -0.409. The van der Waals surface area contributed by atoms with E-state index in [9.17, 15) is 9.59 Å². The van der Waals surface area contributed by atoms with Crippen LogP contribution in [0.25, 0.3) is 0 Å². The molecule has 6 heteroatoms. The Morgan fingerprint density at radius 1 is 0.963 bits per heavy atom. The predicted octanol–water partition coefficient (Wildman–Crippen LogP) is 1.94. The Bertz CT molecular complexity index is 622. The van der Waals surface area contributed by atoms with Crippen LogP contribution < -0.4 is 5.73 Å². The molecule has 3 amide bonds. The summed E-state index contributed by atoms with van der Waals surface area (Å²) in [6.45, 7) is 5.83. The predicted molar refractivity (Wildman–Crippen MR) is 106 cm³/mol. The van der Waals surface area contributed by atoms with Crippen LogP contribution >= 0.6 is 0 Å². The van der Waals surface area contributed by atoms with Gasteiger partial charge < -0.3 is 20.4 Å². The zero-order valence-corrected chi connectivity index (χ0v) is 16.2. The first-order valence-electron chi connectivity index (χ1n) is 10.2. The maximum Gasteiger partial charge on any atom is 0.314 e. The molecule has 3 rings (SSSR count). The number of nitrogens with two attached hydrogens (primary N) is 1. The van der Waals surface area contributed by atoms with Gasteiger partial charge in [-0.2, -0.15) is 0 Å². The number of hydrogen-bond acceptors (Lipinski definition) is 3. The second-order valence-electron chi connectivity index (χ2n) is 7.73. The molecule has 27 heavy (non-hydrogen) atoms. The molecule has 1 aromatic rings. The van der Waals surface area contributed by atoms with Gasteiger partial charge in [-0.3, -0.25) is 4.79 Å². The molecular formula is C21H32N4O2.